The van der Waals surface area contributed by atoms with Crippen molar-refractivity contribution in [2.24, 2.45) is 22.8 Å². The van der Waals surface area contributed by atoms with Gasteiger partial charge >= 0.3 is 11.7 Å². The number of likely N-dealkylation sites (tertiary alicyclic amines) is 1. The number of nitrogens with two attached hydrogens (primary N) is 2. The molecule has 2 aliphatic heterocycles. The van der Waals surface area contributed by atoms with Gasteiger partial charge in [-0.2, -0.15) is 4.98 Å². The van der Waals surface area contributed by atoms with Crippen molar-refractivity contribution in [2.45, 2.75) is 32.2 Å². The predicted octanol–water partition coefficient (Wildman–Crippen LogP) is 0.899. The number of ether oxygens (including phenoxy) is 1. The Morgan fingerprint density at radius 1 is 1.17 bits per heavy atom. The number of nitrogens with zero attached hydrogens (tertiary/aromatic N) is 5. The Balaban J connectivity index is 0.00000387. The Hall–Kier alpha value is -3.19. The Labute approximate surface area is 246 Å². The minimum absolute atomic E-state index is 0. The number of amides is 3. The van der Waals surface area contributed by atoms with Crippen molar-refractivity contribution in [3.63, 3.8) is 0 Å². The number of urea groups is 1. The van der Waals surface area contributed by atoms with Gasteiger partial charge in [-0.3, -0.25) is 14.7 Å². The quantitative estimate of drug-likeness (QED) is 0.411. The summed E-state index contributed by atoms with van der Waals surface area (Å²) in [5.74, 6) is 1.48. The van der Waals surface area contributed by atoms with Crippen LogP contribution in [0.3, 0.4) is 0 Å². The van der Waals surface area contributed by atoms with E-state index in [2.05, 4.69) is 15.2 Å². The third-order valence-corrected chi connectivity index (χ3v) is 8.47. The van der Waals surface area contributed by atoms with Crippen molar-refractivity contribution in [1.29, 1.82) is 0 Å². The average Bonchev–Trinajstić information content (AvgIpc) is 3.51. The standard InChI is InChI=1S/C28H40N8O4.ClH/c1-27(2,30)24(37)34-10-12-35(13-11-34)25(38)31-23-7-9-36(26(39)32-23)21-5-4-19(22(14-21)40-3)6-8-33-16-20-15-28(20,17-29)18-33;/h4-5,7,9,14,20H,6,8,10-13,15-18,29-30H2,1-3H3,(H,31,32,38,39);1H. The van der Waals surface area contributed by atoms with Crippen molar-refractivity contribution in [3.8, 4) is 11.4 Å². The van der Waals surface area contributed by atoms with Crippen molar-refractivity contribution < 1.29 is 14.3 Å². The largest absolute Gasteiger partial charge is 0.496 e. The van der Waals surface area contributed by atoms with Crippen molar-refractivity contribution in [2.75, 3.05) is 64.8 Å². The molecule has 3 fully saturated rings. The first kappa shape index (κ1) is 30.8. The normalized spacial score (nSPS) is 22.1. The number of carbonyl (C=O) groups excluding carboxylic acids is 2. The van der Waals surface area contributed by atoms with Gasteiger partial charge in [-0.05, 0) is 62.3 Å². The highest BCUT2D eigenvalue weighted by molar-refractivity contribution is 5.89. The molecule has 1 aromatic carbocycles. The second-order valence-corrected chi connectivity index (χ2v) is 11.8. The smallest absolute Gasteiger partial charge is 0.354 e. The number of carbonyl (C=O) groups is 2. The maximum absolute atomic E-state index is 12.9. The van der Waals surface area contributed by atoms with Gasteiger partial charge in [-0.1, -0.05) is 6.07 Å². The molecule has 12 nitrogen and oxygen atoms in total. The molecule has 224 valence electrons. The lowest BCUT2D eigenvalue weighted by Crippen LogP contribution is -2.58. The molecule has 2 aromatic rings. The summed E-state index contributed by atoms with van der Waals surface area (Å²) in [6, 6.07) is 6.92. The van der Waals surface area contributed by atoms with Gasteiger partial charge < -0.3 is 30.9 Å². The van der Waals surface area contributed by atoms with Gasteiger partial charge in [0.05, 0.1) is 18.3 Å². The summed E-state index contributed by atoms with van der Waals surface area (Å²) in [5.41, 5.74) is 12.5. The third-order valence-electron chi connectivity index (χ3n) is 8.47. The molecular formula is C28H41ClN8O4. The number of nitrogens with one attached hydrogen (secondary N) is 1. The number of piperidine rings is 1. The van der Waals surface area contributed by atoms with Gasteiger partial charge in [0.25, 0.3) is 0 Å². The lowest BCUT2D eigenvalue weighted by Gasteiger charge is -2.37. The number of fused-ring (bicyclic) bond motifs is 1. The van der Waals surface area contributed by atoms with Gasteiger partial charge in [0.15, 0.2) is 0 Å². The fourth-order valence-electron chi connectivity index (χ4n) is 5.94. The van der Waals surface area contributed by atoms with E-state index in [1.54, 1.807) is 43.0 Å². The van der Waals surface area contributed by atoms with Crippen molar-refractivity contribution in [1.82, 2.24) is 24.3 Å². The van der Waals surface area contributed by atoms with E-state index in [0.29, 0.717) is 37.3 Å². The van der Waals surface area contributed by atoms with Crippen LogP contribution >= 0.6 is 12.4 Å². The maximum Gasteiger partial charge on any atom is 0.354 e. The van der Waals surface area contributed by atoms with Crippen LogP contribution in [0.25, 0.3) is 5.69 Å². The third kappa shape index (κ3) is 6.50. The number of rotatable bonds is 8. The molecule has 13 heteroatoms. The highest BCUT2D eigenvalue weighted by Gasteiger charge is 2.58. The molecule has 5 N–H and O–H groups in total. The molecule has 41 heavy (non-hydrogen) atoms. The molecule has 0 spiro atoms. The molecule has 2 unspecified atom stereocenters. The summed E-state index contributed by atoms with van der Waals surface area (Å²) in [5, 5.41) is 2.69. The average molecular weight is 589 g/mol. The molecule has 1 aliphatic carbocycles. The number of hydrogen-bond acceptors (Lipinski definition) is 8. The summed E-state index contributed by atoms with van der Waals surface area (Å²) in [6.45, 7) is 8.75. The molecule has 0 radical (unpaired) electrons. The molecule has 5 rings (SSSR count). The van der Waals surface area contributed by atoms with Crippen LogP contribution in [-0.4, -0.2) is 101 Å². The second-order valence-electron chi connectivity index (χ2n) is 11.8. The zero-order valence-electron chi connectivity index (χ0n) is 24.0. The Kier molecular flexibility index (Phi) is 8.98. The van der Waals surface area contributed by atoms with E-state index >= 15 is 0 Å². The molecule has 2 saturated heterocycles. The van der Waals surface area contributed by atoms with Crippen LogP contribution in [-0.2, 0) is 11.2 Å². The van der Waals surface area contributed by atoms with E-state index < -0.39 is 11.2 Å². The van der Waals surface area contributed by atoms with Gasteiger partial charge in [-0.15, -0.1) is 12.4 Å². The lowest BCUT2D eigenvalue weighted by atomic mass is 10.1. The number of aromatic nitrogens is 2. The van der Waals surface area contributed by atoms with E-state index in [1.807, 2.05) is 18.2 Å². The van der Waals surface area contributed by atoms with Gasteiger partial charge in [0.2, 0.25) is 5.91 Å². The molecule has 3 aliphatic rings. The van der Waals surface area contributed by atoms with E-state index in [9.17, 15) is 14.4 Å². The SMILES string of the molecule is COc1cc(-n2ccc(NC(=O)N3CCN(C(=O)C(C)(C)N)CC3)nc2=O)ccc1CCN1CC2CC2(CN)C1.Cl. The highest BCUT2D eigenvalue weighted by Crippen LogP contribution is 2.56. The Morgan fingerprint density at radius 2 is 1.88 bits per heavy atom. The van der Waals surface area contributed by atoms with E-state index in [0.717, 1.165) is 49.8 Å². The molecule has 2 atom stereocenters. The number of piperazine rings is 1. The lowest BCUT2D eigenvalue weighted by molar-refractivity contribution is -0.137. The van der Waals surface area contributed by atoms with Crippen LogP contribution in [0.15, 0.2) is 35.3 Å². The predicted molar refractivity (Wildman–Crippen MR) is 159 cm³/mol. The molecule has 1 aromatic heterocycles. The van der Waals surface area contributed by atoms with Crippen LogP contribution in [0.5, 0.6) is 5.75 Å². The van der Waals surface area contributed by atoms with Crippen LogP contribution in [0.1, 0.15) is 25.8 Å². The number of hydrogen-bond donors (Lipinski definition) is 3. The molecular weight excluding hydrogens is 548 g/mol. The zero-order chi connectivity index (χ0) is 28.7. The van der Waals surface area contributed by atoms with Crippen LogP contribution in [0.2, 0.25) is 0 Å². The van der Waals surface area contributed by atoms with E-state index in [1.165, 1.54) is 11.0 Å². The minimum Gasteiger partial charge on any atom is -0.496 e. The molecule has 3 amide bonds. The first-order valence-corrected chi connectivity index (χ1v) is 13.9. The summed E-state index contributed by atoms with van der Waals surface area (Å²) in [4.78, 5) is 47.8. The fourth-order valence-corrected chi connectivity index (χ4v) is 5.94. The van der Waals surface area contributed by atoms with Gasteiger partial charge in [0, 0.05) is 58.1 Å². The fraction of sp³-hybridized carbons (Fsp3) is 0.571. The second kappa shape index (κ2) is 12.0. The monoisotopic (exact) mass is 588 g/mol. The Bertz CT molecular complexity index is 1330. The number of halogens is 1. The topological polar surface area (TPSA) is 152 Å². The minimum atomic E-state index is -0.953. The number of methoxy groups -OCH3 is 1. The van der Waals surface area contributed by atoms with E-state index in [4.69, 9.17) is 16.2 Å². The molecule has 1 saturated carbocycles. The molecule has 0 bridgehead atoms. The van der Waals surface area contributed by atoms with E-state index in [-0.39, 0.29) is 30.2 Å². The zero-order valence-corrected chi connectivity index (χ0v) is 24.8. The molecule has 3 heterocycles. The summed E-state index contributed by atoms with van der Waals surface area (Å²) >= 11 is 0. The van der Waals surface area contributed by atoms with Crippen molar-refractivity contribution in [3.05, 3.63) is 46.5 Å². The first-order chi connectivity index (χ1) is 19.0. The maximum atomic E-state index is 12.9. The van der Waals surface area contributed by atoms with Crippen LogP contribution in [0, 0.1) is 11.3 Å². The highest BCUT2D eigenvalue weighted by atomic mass is 35.5. The Morgan fingerprint density at radius 3 is 2.49 bits per heavy atom. The van der Waals surface area contributed by atoms with Gasteiger partial charge in [0.1, 0.15) is 11.6 Å². The number of benzene rings is 1. The summed E-state index contributed by atoms with van der Waals surface area (Å²) in [6.07, 6.45) is 3.69. The van der Waals surface area contributed by atoms with Crippen LogP contribution in [0.4, 0.5) is 10.6 Å². The van der Waals surface area contributed by atoms with Crippen molar-refractivity contribution >= 4 is 30.2 Å². The van der Waals surface area contributed by atoms with Crippen LogP contribution < -0.4 is 27.2 Å². The summed E-state index contributed by atoms with van der Waals surface area (Å²) < 4.78 is 7.07. The first-order valence-electron chi connectivity index (χ1n) is 13.9. The number of anilines is 1. The summed E-state index contributed by atoms with van der Waals surface area (Å²) in [7, 11) is 1.63. The van der Waals surface area contributed by atoms with Gasteiger partial charge in [-0.25, -0.2) is 9.59 Å².